The maximum Gasteiger partial charge on any atom is 0.315 e. The van der Waals surface area contributed by atoms with Crippen molar-refractivity contribution in [2.75, 3.05) is 38.2 Å². The van der Waals surface area contributed by atoms with Crippen LogP contribution in [0.5, 0.6) is 0 Å². The molecule has 8 nitrogen and oxygen atoms in total. The Balaban J connectivity index is 1.99. The molecule has 1 aliphatic heterocycles. The molecule has 1 heterocycles. The number of carbonyl (C=O) groups is 2. The van der Waals surface area contributed by atoms with Gasteiger partial charge in [0.15, 0.2) is 0 Å². The van der Waals surface area contributed by atoms with Gasteiger partial charge in [-0.05, 0) is 31.2 Å². The molecular formula is C15H20N2O6S. The summed E-state index contributed by atoms with van der Waals surface area (Å²) in [6.07, 6.45) is -0.387. The number of esters is 1. The molecule has 1 aromatic rings. The van der Waals surface area contributed by atoms with E-state index in [1.54, 1.807) is 6.92 Å². The van der Waals surface area contributed by atoms with E-state index in [9.17, 15) is 18.0 Å². The normalized spacial score (nSPS) is 15.7. The van der Waals surface area contributed by atoms with Crippen LogP contribution in [-0.4, -0.2) is 57.5 Å². The Morgan fingerprint density at radius 3 is 2.42 bits per heavy atom. The minimum Gasteiger partial charge on any atom is -0.466 e. The molecule has 0 aromatic heterocycles. The maximum absolute atomic E-state index is 12.5. The van der Waals surface area contributed by atoms with Crippen LogP contribution in [0, 0.1) is 0 Å². The fourth-order valence-electron chi connectivity index (χ4n) is 2.19. The zero-order valence-electron chi connectivity index (χ0n) is 13.4. The summed E-state index contributed by atoms with van der Waals surface area (Å²) < 4.78 is 36.1. The standard InChI is InChI=1S/C15H20N2O6S/c1-2-23-15(19)11-14(18)16-12-3-5-13(6-4-12)24(20,21)17-7-9-22-10-8-17/h3-6H,2,7-11H2,1H3,(H,16,18). The van der Waals surface area contributed by atoms with Crippen LogP contribution in [0.3, 0.4) is 0 Å². The third-order valence-electron chi connectivity index (χ3n) is 3.36. The lowest BCUT2D eigenvalue weighted by Gasteiger charge is -2.26. The predicted molar refractivity (Wildman–Crippen MR) is 85.9 cm³/mol. The maximum atomic E-state index is 12.5. The van der Waals surface area contributed by atoms with Gasteiger partial charge in [0.2, 0.25) is 15.9 Å². The molecule has 132 valence electrons. The summed E-state index contributed by atoms with van der Waals surface area (Å²) in [7, 11) is -3.57. The van der Waals surface area contributed by atoms with E-state index in [4.69, 9.17) is 4.74 Å². The minimum atomic E-state index is -3.57. The summed E-state index contributed by atoms with van der Waals surface area (Å²) in [5.41, 5.74) is 0.408. The Bertz CT molecular complexity index is 680. The second-order valence-corrected chi connectivity index (χ2v) is 7.01. The van der Waals surface area contributed by atoms with E-state index in [1.165, 1.54) is 28.6 Å². The van der Waals surface area contributed by atoms with Crippen molar-refractivity contribution in [1.29, 1.82) is 0 Å². The molecule has 1 N–H and O–H groups in total. The zero-order chi connectivity index (χ0) is 17.6. The van der Waals surface area contributed by atoms with Crippen molar-refractivity contribution in [3.8, 4) is 0 Å². The number of anilines is 1. The molecule has 1 saturated heterocycles. The van der Waals surface area contributed by atoms with E-state index >= 15 is 0 Å². The van der Waals surface area contributed by atoms with Crippen molar-refractivity contribution in [3.05, 3.63) is 24.3 Å². The van der Waals surface area contributed by atoms with Gasteiger partial charge in [0.05, 0.1) is 24.7 Å². The second-order valence-electron chi connectivity index (χ2n) is 5.07. The molecule has 24 heavy (non-hydrogen) atoms. The average molecular weight is 356 g/mol. The summed E-state index contributed by atoms with van der Waals surface area (Å²) in [5.74, 6) is -1.13. The van der Waals surface area contributed by atoms with E-state index in [2.05, 4.69) is 10.1 Å². The van der Waals surface area contributed by atoms with Crippen molar-refractivity contribution in [2.24, 2.45) is 0 Å². The number of carbonyl (C=O) groups excluding carboxylic acids is 2. The van der Waals surface area contributed by atoms with Crippen molar-refractivity contribution in [3.63, 3.8) is 0 Å². The van der Waals surface area contributed by atoms with Gasteiger partial charge in [-0.1, -0.05) is 0 Å². The van der Waals surface area contributed by atoms with E-state index in [1.807, 2.05) is 0 Å². The summed E-state index contributed by atoms with van der Waals surface area (Å²) >= 11 is 0. The number of hydrogen-bond acceptors (Lipinski definition) is 6. The number of morpholine rings is 1. The number of ether oxygens (including phenoxy) is 2. The molecule has 1 aliphatic rings. The number of nitrogens with one attached hydrogen (secondary N) is 1. The predicted octanol–water partition coefficient (Wildman–Crippen LogP) is 0.599. The summed E-state index contributed by atoms with van der Waals surface area (Å²) in [6.45, 7) is 3.26. The average Bonchev–Trinajstić information content (AvgIpc) is 2.56. The second kappa shape index (κ2) is 8.22. The largest absolute Gasteiger partial charge is 0.466 e. The third kappa shape index (κ3) is 4.76. The highest BCUT2D eigenvalue weighted by Gasteiger charge is 2.26. The first-order valence-corrected chi connectivity index (χ1v) is 9.01. The zero-order valence-corrected chi connectivity index (χ0v) is 14.2. The Labute approximate surface area is 140 Å². The molecule has 1 amide bonds. The van der Waals surface area contributed by atoms with Gasteiger partial charge in [0, 0.05) is 18.8 Å². The minimum absolute atomic E-state index is 0.146. The lowest BCUT2D eigenvalue weighted by molar-refractivity contribution is -0.145. The fraction of sp³-hybridized carbons (Fsp3) is 0.467. The van der Waals surface area contributed by atoms with Gasteiger partial charge in [-0.15, -0.1) is 0 Å². The van der Waals surface area contributed by atoms with Gasteiger partial charge < -0.3 is 14.8 Å². The number of nitrogens with zero attached hydrogens (tertiary/aromatic N) is 1. The van der Waals surface area contributed by atoms with Crippen LogP contribution in [-0.2, 0) is 29.1 Å². The van der Waals surface area contributed by atoms with Gasteiger partial charge in [0.25, 0.3) is 0 Å². The number of hydrogen-bond donors (Lipinski definition) is 1. The van der Waals surface area contributed by atoms with Crippen LogP contribution < -0.4 is 5.32 Å². The third-order valence-corrected chi connectivity index (χ3v) is 5.27. The van der Waals surface area contributed by atoms with Crippen molar-refractivity contribution in [1.82, 2.24) is 4.31 Å². The molecule has 1 fully saturated rings. The highest BCUT2D eigenvalue weighted by molar-refractivity contribution is 7.89. The molecule has 0 bridgehead atoms. The van der Waals surface area contributed by atoms with E-state index in [0.29, 0.717) is 32.0 Å². The molecular weight excluding hydrogens is 336 g/mol. The van der Waals surface area contributed by atoms with Gasteiger partial charge in [-0.2, -0.15) is 4.31 Å². The van der Waals surface area contributed by atoms with Gasteiger partial charge >= 0.3 is 5.97 Å². The lowest BCUT2D eigenvalue weighted by Crippen LogP contribution is -2.40. The highest BCUT2D eigenvalue weighted by Crippen LogP contribution is 2.19. The Hall–Kier alpha value is -1.97. The smallest absolute Gasteiger partial charge is 0.315 e. The first-order chi connectivity index (χ1) is 11.4. The van der Waals surface area contributed by atoms with Crippen LogP contribution in [0.1, 0.15) is 13.3 Å². The Morgan fingerprint density at radius 1 is 1.21 bits per heavy atom. The summed E-state index contributed by atoms with van der Waals surface area (Å²) in [4.78, 5) is 23.0. The van der Waals surface area contributed by atoms with E-state index < -0.39 is 21.9 Å². The highest BCUT2D eigenvalue weighted by atomic mass is 32.2. The molecule has 0 aliphatic carbocycles. The Morgan fingerprint density at radius 2 is 1.83 bits per heavy atom. The van der Waals surface area contributed by atoms with Crippen LogP contribution in [0.25, 0.3) is 0 Å². The first-order valence-electron chi connectivity index (χ1n) is 7.57. The fourth-order valence-corrected chi connectivity index (χ4v) is 3.60. The Kier molecular flexibility index (Phi) is 6.29. The molecule has 1 aromatic carbocycles. The van der Waals surface area contributed by atoms with Gasteiger partial charge in [0.1, 0.15) is 6.42 Å². The lowest BCUT2D eigenvalue weighted by atomic mass is 10.3. The molecule has 2 rings (SSSR count). The molecule has 0 radical (unpaired) electrons. The molecule has 0 saturated carbocycles. The van der Waals surface area contributed by atoms with E-state index in [0.717, 1.165) is 0 Å². The van der Waals surface area contributed by atoms with Crippen LogP contribution in [0.15, 0.2) is 29.2 Å². The quantitative estimate of drug-likeness (QED) is 0.591. The van der Waals surface area contributed by atoms with Crippen LogP contribution >= 0.6 is 0 Å². The number of benzene rings is 1. The monoisotopic (exact) mass is 356 g/mol. The van der Waals surface area contributed by atoms with Crippen molar-refractivity contribution < 1.29 is 27.5 Å². The SMILES string of the molecule is CCOC(=O)CC(=O)Nc1ccc(S(=O)(=O)N2CCOCC2)cc1. The molecule has 0 atom stereocenters. The van der Waals surface area contributed by atoms with Crippen LogP contribution in [0.4, 0.5) is 5.69 Å². The number of rotatable bonds is 6. The summed E-state index contributed by atoms with van der Waals surface area (Å²) in [6, 6.07) is 5.81. The van der Waals surface area contributed by atoms with Crippen molar-refractivity contribution >= 4 is 27.6 Å². The van der Waals surface area contributed by atoms with Gasteiger partial charge in [-0.3, -0.25) is 9.59 Å². The molecule has 0 unspecified atom stereocenters. The number of sulfonamides is 1. The number of amides is 1. The topological polar surface area (TPSA) is 102 Å². The van der Waals surface area contributed by atoms with Gasteiger partial charge in [-0.25, -0.2) is 8.42 Å². The molecule has 9 heteroatoms. The van der Waals surface area contributed by atoms with E-state index in [-0.39, 0.29) is 17.9 Å². The summed E-state index contributed by atoms with van der Waals surface area (Å²) in [5, 5.41) is 2.52. The first kappa shape index (κ1) is 18.4. The molecule has 0 spiro atoms. The van der Waals surface area contributed by atoms with Crippen LogP contribution in [0.2, 0.25) is 0 Å². The van der Waals surface area contributed by atoms with Crippen molar-refractivity contribution in [2.45, 2.75) is 18.2 Å².